The minimum Gasteiger partial charge on any atom is -0.338 e. The molecule has 0 radical (unpaired) electrons. The number of aryl methyl sites for hydroxylation is 1. The number of halogens is 1. The van der Waals surface area contributed by atoms with E-state index in [9.17, 15) is 14.4 Å². The first-order chi connectivity index (χ1) is 14.0. The summed E-state index contributed by atoms with van der Waals surface area (Å²) in [7, 11) is 1.92. The second-order valence-electron chi connectivity index (χ2n) is 8.30. The fourth-order valence-electron chi connectivity index (χ4n) is 4.36. The van der Waals surface area contributed by atoms with Gasteiger partial charge in [0.1, 0.15) is 0 Å². The predicted molar refractivity (Wildman–Crippen MR) is 119 cm³/mol. The smallest absolute Gasteiger partial charge is 0.329 e. The lowest BCUT2D eigenvalue weighted by molar-refractivity contribution is 0.0676. The maximum absolute atomic E-state index is 13.5. The van der Waals surface area contributed by atoms with E-state index in [0.717, 1.165) is 44.3 Å². The molecule has 1 atom stereocenters. The average molecular weight is 436 g/mol. The van der Waals surface area contributed by atoms with E-state index in [4.69, 9.17) is 0 Å². The quantitative estimate of drug-likeness (QED) is 0.721. The Morgan fingerprint density at radius 1 is 1.30 bits per heavy atom. The van der Waals surface area contributed by atoms with Crippen LogP contribution in [0.25, 0.3) is 11.0 Å². The molecule has 1 amide bonds. The van der Waals surface area contributed by atoms with Crippen molar-refractivity contribution in [3.05, 3.63) is 38.2 Å². The predicted octanol–water partition coefficient (Wildman–Crippen LogP) is 1.87. The number of aromatic nitrogens is 3. The minimum atomic E-state index is -0.528. The van der Waals surface area contributed by atoms with E-state index >= 15 is 0 Å². The lowest BCUT2D eigenvalue weighted by atomic mass is 9.97. The van der Waals surface area contributed by atoms with Crippen molar-refractivity contribution in [1.29, 1.82) is 0 Å². The average Bonchev–Trinajstić information content (AvgIpc) is 3.55. The van der Waals surface area contributed by atoms with Crippen LogP contribution in [-0.4, -0.2) is 52.0 Å². The highest BCUT2D eigenvalue weighted by Gasteiger charge is 2.31. The molecule has 2 N–H and O–H groups in total. The highest BCUT2D eigenvalue weighted by atomic mass is 35.5. The molecular formula is C21H30ClN5O3. The van der Waals surface area contributed by atoms with E-state index in [0.29, 0.717) is 42.7 Å². The third kappa shape index (κ3) is 4.30. The van der Waals surface area contributed by atoms with Gasteiger partial charge in [-0.2, -0.15) is 0 Å². The number of nitrogens with one attached hydrogen (secondary N) is 2. The molecule has 9 heteroatoms. The summed E-state index contributed by atoms with van der Waals surface area (Å²) < 4.78 is 1.50. The molecule has 0 spiro atoms. The number of pyridine rings is 1. The molecule has 3 heterocycles. The van der Waals surface area contributed by atoms with Gasteiger partial charge in [-0.3, -0.25) is 19.1 Å². The van der Waals surface area contributed by atoms with Crippen molar-refractivity contribution < 1.29 is 4.79 Å². The summed E-state index contributed by atoms with van der Waals surface area (Å²) in [4.78, 5) is 47.6. The van der Waals surface area contributed by atoms with Crippen LogP contribution in [0.2, 0.25) is 0 Å². The van der Waals surface area contributed by atoms with Crippen LogP contribution in [0.15, 0.2) is 15.7 Å². The number of amides is 1. The number of nitrogens with zero attached hydrogens (tertiary/aromatic N) is 3. The van der Waals surface area contributed by atoms with Gasteiger partial charge in [0.15, 0.2) is 5.65 Å². The van der Waals surface area contributed by atoms with Crippen LogP contribution in [0.4, 0.5) is 0 Å². The van der Waals surface area contributed by atoms with Crippen molar-refractivity contribution in [2.24, 2.45) is 5.92 Å². The van der Waals surface area contributed by atoms with Crippen molar-refractivity contribution in [1.82, 2.24) is 24.8 Å². The van der Waals surface area contributed by atoms with Gasteiger partial charge in [0.2, 0.25) is 0 Å². The Morgan fingerprint density at radius 3 is 2.73 bits per heavy atom. The molecule has 2 aromatic heterocycles. The van der Waals surface area contributed by atoms with Gasteiger partial charge in [0.05, 0.1) is 10.9 Å². The molecule has 2 aliphatic rings. The fourth-order valence-corrected chi connectivity index (χ4v) is 4.36. The molecular weight excluding hydrogens is 406 g/mol. The Morgan fingerprint density at radius 2 is 2.07 bits per heavy atom. The summed E-state index contributed by atoms with van der Waals surface area (Å²) in [5.74, 6) is 0.589. The van der Waals surface area contributed by atoms with Gasteiger partial charge in [0.25, 0.3) is 11.5 Å². The highest BCUT2D eigenvalue weighted by Crippen LogP contribution is 2.40. The van der Waals surface area contributed by atoms with Crippen LogP contribution in [0.5, 0.6) is 0 Å². The first kappa shape index (κ1) is 22.5. The number of hydrogen-bond acceptors (Lipinski definition) is 5. The molecule has 30 heavy (non-hydrogen) atoms. The summed E-state index contributed by atoms with van der Waals surface area (Å²) in [5, 5.41) is 3.43. The van der Waals surface area contributed by atoms with Gasteiger partial charge in [-0.1, -0.05) is 6.92 Å². The molecule has 164 valence electrons. The molecule has 1 unspecified atom stereocenters. The lowest BCUT2D eigenvalue weighted by Crippen LogP contribution is -2.43. The standard InChI is InChI=1S/C21H29N5O3.ClH/c1-3-8-26-18-17(19(27)24-21(26)29)15(10-16(23-18)14-6-7-14)20(28)25-9-4-5-13(12-25)11-22-2;/h10,13-14,22H,3-9,11-12H2,1-2H3,(H,24,27,29);1H. The number of likely N-dealkylation sites (tertiary alicyclic amines) is 1. The van der Waals surface area contributed by atoms with E-state index in [2.05, 4.69) is 15.3 Å². The molecule has 1 aliphatic heterocycles. The summed E-state index contributed by atoms with van der Waals surface area (Å²) in [5.41, 5.74) is 0.555. The van der Waals surface area contributed by atoms with Crippen LogP contribution < -0.4 is 16.6 Å². The van der Waals surface area contributed by atoms with Crippen molar-refractivity contribution in [3.8, 4) is 0 Å². The molecule has 1 saturated heterocycles. The Labute approximate surface area is 181 Å². The maximum atomic E-state index is 13.5. The van der Waals surface area contributed by atoms with Gasteiger partial charge in [-0.15, -0.1) is 12.4 Å². The van der Waals surface area contributed by atoms with E-state index in [1.807, 2.05) is 18.9 Å². The highest BCUT2D eigenvalue weighted by molar-refractivity contribution is 6.05. The van der Waals surface area contributed by atoms with Crippen LogP contribution >= 0.6 is 12.4 Å². The van der Waals surface area contributed by atoms with Gasteiger partial charge in [-0.05, 0) is 57.7 Å². The van der Waals surface area contributed by atoms with Gasteiger partial charge < -0.3 is 10.2 Å². The normalized spacial score (nSPS) is 19.0. The number of fused-ring (bicyclic) bond motifs is 1. The number of carbonyl (C=O) groups excluding carboxylic acids is 1. The number of hydrogen-bond donors (Lipinski definition) is 2. The number of carbonyl (C=O) groups is 1. The summed E-state index contributed by atoms with van der Waals surface area (Å²) in [6.45, 7) is 4.65. The molecule has 4 rings (SSSR count). The van der Waals surface area contributed by atoms with E-state index in [-0.39, 0.29) is 23.7 Å². The zero-order valence-electron chi connectivity index (χ0n) is 17.6. The zero-order valence-corrected chi connectivity index (χ0v) is 18.4. The summed E-state index contributed by atoms with van der Waals surface area (Å²) >= 11 is 0. The lowest BCUT2D eigenvalue weighted by Gasteiger charge is -2.33. The Balaban J connectivity index is 0.00000256. The number of piperidine rings is 1. The maximum Gasteiger partial charge on any atom is 0.329 e. The van der Waals surface area contributed by atoms with E-state index < -0.39 is 11.2 Å². The van der Waals surface area contributed by atoms with Gasteiger partial charge in [-0.25, -0.2) is 9.78 Å². The largest absolute Gasteiger partial charge is 0.338 e. The third-order valence-corrected chi connectivity index (χ3v) is 5.94. The topological polar surface area (TPSA) is 100 Å². The van der Waals surface area contributed by atoms with Crippen LogP contribution in [0.1, 0.15) is 61.0 Å². The first-order valence-electron chi connectivity index (χ1n) is 10.6. The monoisotopic (exact) mass is 435 g/mol. The molecule has 2 aromatic rings. The van der Waals surface area contributed by atoms with Gasteiger partial charge >= 0.3 is 5.69 Å². The number of aromatic amines is 1. The third-order valence-electron chi connectivity index (χ3n) is 5.94. The Kier molecular flexibility index (Phi) is 6.98. The molecule has 2 fully saturated rings. The molecule has 0 aromatic carbocycles. The minimum absolute atomic E-state index is 0. The fraction of sp³-hybridized carbons (Fsp3) is 0.619. The van der Waals surface area contributed by atoms with E-state index in [1.165, 1.54) is 4.57 Å². The van der Waals surface area contributed by atoms with Crippen molar-refractivity contribution in [2.45, 2.75) is 51.5 Å². The van der Waals surface area contributed by atoms with Crippen molar-refractivity contribution in [2.75, 3.05) is 26.7 Å². The second-order valence-corrected chi connectivity index (χ2v) is 8.30. The summed E-state index contributed by atoms with van der Waals surface area (Å²) in [6, 6.07) is 1.79. The molecule has 1 aliphatic carbocycles. The van der Waals surface area contributed by atoms with Crippen LogP contribution in [0, 0.1) is 5.92 Å². The van der Waals surface area contributed by atoms with Crippen molar-refractivity contribution in [3.63, 3.8) is 0 Å². The Bertz CT molecular complexity index is 1040. The molecule has 8 nitrogen and oxygen atoms in total. The molecule has 0 bridgehead atoms. The molecule has 1 saturated carbocycles. The SMILES string of the molecule is CCCn1c(=O)[nH]c(=O)c2c(C(=O)N3CCCC(CNC)C3)cc(C3CC3)nc21.Cl. The van der Waals surface area contributed by atoms with Crippen LogP contribution in [-0.2, 0) is 6.54 Å². The number of H-pyrrole nitrogens is 1. The van der Waals surface area contributed by atoms with Gasteiger partial charge in [0, 0.05) is 31.2 Å². The second kappa shape index (κ2) is 9.31. The van der Waals surface area contributed by atoms with Crippen molar-refractivity contribution >= 4 is 29.3 Å². The summed E-state index contributed by atoms with van der Waals surface area (Å²) in [6.07, 6.45) is 4.83. The Hall–Kier alpha value is -2.19. The zero-order chi connectivity index (χ0) is 20.5. The van der Waals surface area contributed by atoms with E-state index in [1.54, 1.807) is 6.07 Å². The van der Waals surface area contributed by atoms with Crippen LogP contribution in [0.3, 0.4) is 0 Å². The first-order valence-corrected chi connectivity index (χ1v) is 10.6. The number of rotatable bonds is 6.